The molecule has 10 nitrogen and oxygen atoms in total. The number of hydrogen-bond donors (Lipinski definition) is 3. The minimum absolute atomic E-state index is 0.105. The molecule has 11 heteroatoms. The number of benzene rings is 1. The molecular weight excluding hydrogens is 532 g/mol. The summed E-state index contributed by atoms with van der Waals surface area (Å²) in [7, 11) is -0.383. The van der Waals surface area contributed by atoms with E-state index in [4.69, 9.17) is 9.41 Å². The summed E-state index contributed by atoms with van der Waals surface area (Å²) in [5, 5.41) is 23.9. The first-order valence-electron chi connectivity index (χ1n) is 14.0. The Kier molecular flexibility index (Phi) is 8.30. The fraction of sp³-hybridized carbons (Fsp3) is 0.500. The predicted octanol–water partition coefficient (Wildman–Crippen LogP) is 5.68. The monoisotopic (exact) mass is 574 g/mol. The molecule has 3 heterocycles. The second-order valence-electron chi connectivity index (χ2n) is 13.0. The molecule has 0 fully saturated rings. The lowest BCUT2D eigenvalue weighted by Gasteiger charge is -2.39. The van der Waals surface area contributed by atoms with Gasteiger partial charge in [0.1, 0.15) is 11.9 Å². The van der Waals surface area contributed by atoms with Crippen LogP contribution in [0.4, 0.5) is 17.5 Å². The predicted molar refractivity (Wildman–Crippen MR) is 165 cm³/mol. The van der Waals surface area contributed by atoms with Gasteiger partial charge in [-0.3, -0.25) is 4.79 Å². The highest BCUT2D eigenvalue weighted by molar-refractivity contribution is 6.74. The van der Waals surface area contributed by atoms with Crippen LogP contribution in [0.2, 0.25) is 18.1 Å². The standard InChI is InChI=1S/C30H42N8O2Si/c1-19(2)16-38-25(14-24(37-38)27(39)32-7)36-28-33-11-10-23(35-28)20-12-21(15-31)26-22(13-20)30(6,17-34-26)18-40-41(8,9)29(3,4)5/h10-14,19,34H,16-18H2,1-9H3,(H,32,39)(H,33,35,36)/t30-/m1/s1. The fourth-order valence-electron chi connectivity index (χ4n) is 4.54. The zero-order valence-corrected chi connectivity index (χ0v) is 26.6. The van der Waals surface area contributed by atoms with E-state index in [0.29, 0.717) is 54.3 Å². The summed E-state index contributed by atoms with van der Waals surface area (Å²) in [4.78, 5) is 21.4. The summed E-state index contributed by atoms with van der Waals surface area (Å²) in [6.07, 6.45) is 1.69. The van der Waals surface area contributed by atoms with Crippen LogP contribution in [0.5, 0.6) is 0 Å². The summed E-state index contributed by atoms with van der Waals surface area (Å²) >= 11 is 0. The highest BCUT2D eigenvalue weighted by Crippen LogP contribution is 2.44. The molecule has 0 unspecified atom stereocenters. The van der Waals surface area contributed by atoms with E-state index < -0.39 is 8.32 Å². The number of nitrogens with one attached hydrogen (secondary N) is 3. The van der Waals surface area contributed by atoms with Gasteiger partial charge in [-0.15, -0.1) is 0 Å². The van der Waals surface area contributed by atoms with Crippen LogP contribution in [0, 0.1) is 17.2 Å². The zero-order valence-electron chi connectivity index (χ0n) is 25.6. The minimum atomic E-state index is -1.96. The van der Waals surface area contributed by atoms with Gasteiger partial charge in [-0.1, -0.05) is 41.5 Å². The van der Waals surface area contributed by atoms with Gasteiger partial charge in [0.25, 0.3) is 5.91 Å². The van der Waals surface area contributed by atoms with E-state index in [1.807, 2.05) is 12.1 Å². The van der Waals surface area contributed by atoms with Crippen molar-refractivity contribution in [3.05, 3.63) is 47.3 Å². The number of aromatic nitrogens is 4. The van der Waals surface area contributed by atoms with Gasteiger partial charge in [0.05, 0.1) is 16.9 Å². The first kappa shape index (κ1) is 30.2. The number of nitrogens with zero attached hydrogens (tertiary/aromatic N) is 5. The van der Waals surface area contributed by atoms with Crippen LogP contribution >= 0.6 is 0 Å². The maximum atomic E-state index is 12.2. The van der Waals surface area contributed by atoms with Crippen molar-refractivity contribution in [2.24, 2.45) is 5.92 Å². The topological polar surface area (TPSA) is 130 Å². The second kappa shape index (κ2) is 11.3. The molecule has 3 N–H and O–H groups in total. The lowest BCUT2D eigenvalue weighted by atomic mass is 9.83. The smallest absolute Gasteiger partial charge is 0.271 e. The fourth-order valence-corrected chi connectivity index (χ4v) is 5.66. The molecule has 1 atom stereocenters. The van der Waals surface area contributed by atoms with Gasteiger partial charge in [-0.25, -0.2) is 14.6 Å². The maximum Gasteiger partial charge on any atom is 0.271 e. The molecule has 4 rings (SSSR count). The highest BCUT2D eigenvalue weighted by atomic mass is 28.4. The van der Waals surface area contributed by atoms with E-state index in [-0.39, 0.29) is 16.4 Å². The third kappa shape index (κ3) is 6.28. The number of anilines is 3. The molecule has 3 aromatic rings. The van der Waals surface area contributed by atoms with Crippen LogP contribution in [-0.2, 0) is 16.4 Å². The molecule has 1 aliphatic heterocycles. The van der Waals surface area contributed by atoms with Gasteiger partial charge in [0.2, 0.25) is 5.95 Å². The van der Waals surface area contributed by atoms with Gasteiger partial charge in [0, 0.05) is 50.0 Å². The summed E-state index contributed by atoms with van der Waals surface area (Å²) < 4.78 is 8.41. The molecule has 41 heavy (non-hydrogen) atoms. The number of fused-ring (bicyclic) bond motifs is 1. The van der Waals surface area contributed by atoms with Crippen molar-refractivity contribution in [3.63, 3.8) is 0 Å². The summed E-state index contributed by atoms with van der Waals surface area (Å²) in [5.41, 5.74) is 4.04. The molecule has 0 saturated carbocycles. The quantitative estimate of drug-likeness (QED) is 0.279. The van der Waals surface area contributed by atoms with Crippen LogP contribution in [0.15, 0.2) is 30.5 Å². The van der Waals surface area contributed by atoms with Crippen LogP contribution in [0.25, 0.3) is 11.3 Å². The molecule has 1 amide bonds. The van der Waals surface area contributed by atoms with Crippen molar-refractivity contribution in [3.8, 4) is 17.3 Å². The molecule has 0 aliphatic carbocycles. The van der Waals surface area contributed by atoms with E-state index in [2.05, 4.69) is 92.8 Å². The second-order valence-corrected chi connectivity index (χ2v) is 17.8. The van der Waals surface area contributed by atoms with Crippen molar-refractivity contribution in [2.75, 3.05) is 30.8 Å². The van der Waals surface area contributed by atoms with Gasteiger partial charge in [-0.2, -0.15) is 10.4 Å². The van der Waals surface area contributed by atoms with Crippen molar-refractivity contribution < 1.29 is 9.22 Å². The van der Waals surface area contributed by atoms with Crippen LogP contribution < -0.4 is 16.0 Å². The van der Waals surface area contributed by atoms with Crippen LogP contribution in [-0.4, -0.2) is 54.2 Å². The number of amides is 1. The van der Waals surface area contributed by atoms with Gasteiger partial charge >= 0.3 is 0 Å². The summed E-state index contributed by atoms with van der Waals surface area (Å²) in [5.74, 6) is 1.05. The molecule has 0 spiro atoms. The van der Waals surface area contributed by atoms with E-state index in [0.717, 1.165) is 16.8 Å². The lowest BCUT2D eigenvalue weighted by molar-refractivity contribution is 0.0957. The molecule has 1 aromatic carbocycles. The molecule has 218 valence electrons. The largest absolute Gasteiger partial charge is 0.416 e. The number of carbonyl (C=O) groups is 1. The van der Waals surface area contributed by atoms with Crippen molar-refractivity contribution in [1.29, 1.82) is 5.26 Å². The Bertz CT molecular complexity index is 1480. The Hall–Kier alpha value is -3.75. The SMILES string of the molecule is CNC(=O)c1cc(Nc2nccc(-c3cc(C#N)c4c(c3)[C@@](C)(CO[Si](C)(C)C(C)(C)C)CN4)n2)n(CC(C)C)n1. The van der Waals surface area contributed by atoms with E-state index in [9.17, 15) is 10.1 Å². The first-order valence-corrected chi connectivity index (χ1v) is 16.9. The molecule has 2 aromatic heterocycles. The number of carbonyl (C=O) groups excluding carboxylic acids is 1. The summed E-state index contributed by atoms with van der Waals surface area (Å²) in [6.45, 7) is 19.5. The molecule has 0 saturated heterocycles. The Morgan fingerprint density at radius 2 is 2.02 bits per heavy atom. The lowest BCUT2D eigenvalue weighted by Crippen LogP contribution is -2.45. The Morgan fingerprint density at radius 3 is 2.66 bits per heavy atom. The molecule has 1 aliphatic rings. The van der Waals surface area contributed by atoms with Crippen molar-refractivity contribution in [1.82, 2.24) is 25.1 Å². The van der Waals surface area contributed by atoms with E-state index in [1.165, 1.54) is 0 Å². The Morgan fingerprint density at radius 1 is 1.29 bits per heavy atom. The van der Waals surface area contributed by atoms with Gasteiger partial charge in [-0.05, 0) is 47.8 Å². The summed E-state index contributed by atoms with van der Waals surface area (Å²) in [6, 6.07) is 9.88. The normalized spacial score (nSPS) is 16.7. The molecular formula is C30H42N8O2Si. The third-order valence-electron chi connectivity index (χ3n) is 8.09. The van der Waals surface area contributed by atoms with E-state index >= 15 is 0 Å². The number of hydrogen-bond acceptors (Lipinski definition) is 8. The van der Waals surface area contributed by atoms with Crippen LogP contribution in [0.1, 0.15) is 63.2 Å². The third-order valence-corrected chi connectivity index (χ3v) is 12.6. The van der Waals surface area contributed by atoms with Gasteiger partial charge < -0.3 is 20.4 Å². The average molecular weight is 575 g/mol. The Balaban J connectivity index is 1.67. The average Bonchev–Trinajstić information content (AvgIpc) is 3.46. The zero-order chi connectivity index (χ0) is 30.2. The number of rotatable bonds is 9. The van der Waals surface area contributed by atoms with Gasteiger partial charge in [0.15, 0.2) is 14.0 Å². The highest BCUT2D eigenvalue weighted by Gasteiger charge is 2.42. The minimum Gasteiger partial charge on any atom is -0.416 e. The first-order chi connectivity index (χ1) is 19.2. The Labute approximate surface area is 244 Å². The molecule has 0 bridgehead atoms. The van der Waals surface area contributed by atoms with Crippen molar-refractivity contribution in [2.45, 2.75) is 71.6 Å². The van der Waals surface area contributed by atoms with E-state index in [1.54, 1.807) is 24.0 Å². The number of nitriles is 1. The van der Waals surface area contributed by atoms with Crippen molar-refractivity contribution >= 4 is 31.7 Å². The molecule has 0 radical (unpaired) electrons. The maximum absolute atomic E-state index is 12.2. The van der Waals surface area contributed by atoms with Crippen LogP contribution in [0.3, 0.4) is 0 Å².